The molecule has 0 spiro atoms. The summed E-state index contributed by atoms with van der Waals surface area (Å²) in [5, 5.41) is 4.64. The van der Waals surface area contributed by atoms with E-state index in [9.17, 15) is 0 Å². The average Bonchev–Trinajstić information content (AvgIpc) is 3.12. The molecule has 0 amide bonds. The van der Waals surface area contributed by atoms with Crippen LogP contribution in [0.5, 0.6) is 0 Å². The third kappa shape index (κ3) is 4.66. The second kappa shape index (κ2) is 8.65. The number of fused-ring (bicyclic) bond motifs is 1. The fourth-order valence-corrected chi connectivity index (χ4v) is 4.90. The van der Waals surface area contributed by atoms with Gasteiger partial charge in [-0.15, -0.1) is 11.3 Å². The van der Waals surface area contributed by atoms with Crippen LogP contribution >= 0.6 is 27.3 Å². The highest BCUT2D eigenvalue weighted by atomic mass is 79.9. The van der Waals surface area contributed by atoms with Crippen LogP contribution in [0.25, 0.3) is 20.7 Å². The van der Waals surface area contributed by atoms with E-state index < -0.39 is 0 Å². The monoisotopic (exact) mass is 445 g/mol. The van der Waals surface area contributed by atoms with Crippen LogP contribution < -0.4 is 5.32 Å². The molecule has 27 heavy (non-hydrogen) atoms. The summed E-state index contributed by atoms with van der Waals surface area (Å²) in [4.78, 5) is 15.3. The van der Waals surface area contributed by atoms with Crippen molar-refractivity contribution in [3.8, 4) is 10.6 Å². The maximum atomic E-state index is 4.75. The third-order valence-corrected chi connectivity index (χ3v) is 6.64. The first-order chi connectivity index (χ1) is 13.2. The van der Waals surface area contributed by atoms with Crippen LogP contribution in [-0.2, 0) is 0 Å². The highest BCUT2D eigenvalue weighted by Crippen LogP contribution is 2.36. The number of thiophene rings is 1. The molecule has 0 radical (unpaired) electrons. The zero-order valence-electron chi connectivity index (χ0n) is 15.5. The van der Waals surface area contributed by atoms with Crippen molar-refractivity contribution >= 4 is 43.3 Å². The van der Waals surface area contributed by atoms with Crippen molar-refractivity contribution in [3.63, 3.8) is 0 Å². The quantitative estimate of drug-likeness (QED) is 0.576. The van der Waals surface area contributed by atoms with Gasteiger partial charge in [0.1, 0.15) is 5.69 Å². The fourth-order valence-electron chi connectivity index (χ4n) is 3.30. The SMILES string of the molecule is CN1CCN(CCCNc2ncc(Br)c(-c3cc4ccccc4s3)n2)CC1. The van der Waals surface area contributed by atoms with Crippen molar-refractivity contribution in [2.24, 2.45) is 0 Å². The highest BCUT2D eigenvalue weighted by Gasteiger charge is 2.13. The van der Waals surface area contributed by atoms with Gasteiger partial charge < -0.3 is 15.1 Å². The second-order valence-electron chi connectivity index (χ2n) is 6.96. The predicted molar refractivity (Wildman–Crippen MR) is 118 cm³/mol. The van der Waals surface area contributed by atoms with Crippen LogP contribution in [0, 0.1) is 0 Å². The van der Waals surface area contributed by atoms with E-state index in [1.807, 2.05) is 6.20 Å². The number of anilines is 1. The van der Waals surface area contributed by atoms with Gasteiger partial charge in [0, 0.05) is 43.6 Å². The summed E-state index contributed by atoms with van der Waals surface area (Å²) < 4.78 is 2.21. The van der Waals surface area contributed by atoms with E-state index in [0.29, 0.717) is 5.95 Å². The Morgan fingerprint density at radius 2 is 2.00 bits per heavy atom. The Hall–Kier alpha value is -1.54. The minimum atomic E-state index is 0.698. The molecule has 0 atom stereocenters. The van der Waals surface area contributed by atoms with Gasteiger partial charge in [-0.2, -0.15) is 0 Å². The molecule has 4 rings (SSSR count). The zero-order valence-corrected chi connectivity index (χ0v) is 17.9. The largest absolute Gasteiger partial charge is 0.354 e. The molecule has 3 heterocycles. The maximum absolute atomic E-state index is 4.75. The molecule has 7 heteroatoms. The number of likely N-dealkylation sites (N-methyl/N-ethyl adjacent to an activating group) is 1. The lowest BCUT2D eigenvalue weighted by Gasteiger charge is -2.32. The Kier molecular flexibility index (Phi) is 6.02. The first-order valence-electron chi connectivity index (χ1n) is 9.35. The van der Waals surface area contributed by atoms with Crippen LogP contribution in [-0.4, -0.2) is 66.1 Å². The van der Waals surface area contributed by atoms with E-state index >= 15 is 0 Å². The standard InChI is InChI=1S/C20H24BrN5S/c1-25-9-11-26(12-10-25)8-4-7-22-20-23-14-16(21)19(24-20)18-13-15-5-2-3-6-17(15)27-18/h2-3,5-6,13-14H,4,7-12H2,1H3,(H,22,23,24). The van der Waals surface area contributed by atoms with Crippen molar-refractivity contribution in [2.75, 3.05) is 51.6 Å². The van der Waals surface area contributed by atoms with Gasteiger partial charge in [0.05, 0.1) is 9.35 Å². The lowest BCUT2D eigenvalue weighted by molar-refractivity contribution is 0.154. The van der Waals surface area contributed by atoms with Crippen molar-refractivity contribution < 1.29 is 0 Å². The molecule has 0 saturated carbocycles. The summed E-state index contributed by atoms with van der Waals surface area (Å²) >= 11 is 5.37. The Balaban J connectivity index is 1.37. The number of nitrogens with one attached hydrogen (secondary N) is 1. The van der Waals surface area contributed by atoms with E-state index in [1.54, 1.807) is 11.3 Å². The molecular weight excluding hydrogens is 422 g/mol. The zero-order chi connectivity index (χ0) is 18.6. The minimum Gasteiger partial charge on any atom is -0.354 e. The normalized spacial score (nSPS) is 16.1. The number of hydrogen-bond donors (Lipinski definition) is 1. The van der Waals surface area contributed by atoms with Crippen LogP contribution in [0.3, 0.4) is 0 Å². The summed E-state index contributed by atoms with van der Waals surface area (Å²) in [5.74, 6) is 0.698. The summed E-state index contributed by atoms with van der Waals surface area (Å²) in [5.41, 5.74) is 0.952. The molecule has 3 aromatic rings. The number of nitrogens with zero attached hydrogens (tertiary/aromatic N) is 4. The molecule has 0 aliphatic carbocycles. The van der Waals surface area contributed by atoms with Gasteiger partial charge >= 0.3 is 0 Å². The molecule has 0 bridgehead atoms. The van der Waals surface area contributed by atoms with Crippen molar-refractivity contribution in [1.29, 1.82) is 0 Å². The van der Waals surface area contributed by atoms with Gasteiger partial charge in [-0.25, -0.2) is 9.97 Å². The summed E-state index contributed by atoms with van der Waals surface area (Å²) in [7, 11) is 2.19. The number of hydrogen-bond acceptors (Lipinski definition) is 6. The van der Waals surface area contributed by atoms with Gasteiger partial charge in [0.15, 0.2) is 0 Å². The number of aromatic nitrogens is 2. The molecule has 1 fully saturated rings. The van der Waals surface area contributed by atoms with E-state index in [2.05, 4.69) is 73.4 Å². The topological polar surface area (TPSA) is 44.3 Å². The Labute approximate surface area is 172 Å². The number of rotatable bonds is 6. The van der Waals surface area contributed by atoms with Crippen LogP contribution in [0.1, 0.15) is 6.42 Å². The number of benzene rings is 1. The molecule has 1 N–H and O–H groups in total. The Morgan fingerprint density at radius 1 is 1.19 bits per heavy atom. The summed E-state index contributed by atoms with van der Waals surface area (Å²) in [6.07, 6.45) is 2.94. The minimum absolute atomic E-state index is 0.698. The summed E-state index contributed by atoms with van der Waals surface area (Å²) in [6, 6.07) is 10.6. The molecule has 1 saturated heterocycles. The van der Waals surface area contributed by atoms with Gasteiger partial charge in [0.2, 0.25) is 5.95 Å². The van der Waals surface area contributed by atoms with Crippen LogP contribution in [0.4, 0.5) is 5.95 Å². The number of halogens is 1. The lowest BCUT2D eigenvalue weighted by atomic mass is 10.2. The van der Waals surface area contributed by atoms with Crippen molar-refractivity contribution in [3.05, 3.63) is 41.0 Å². The Morgan fingerprint density at radius 3 is 2.81 bits per heavy atom. The molecule has 0 unspecified atom stereocenters. The van der Waals surface area contributed by atoms with Crippen LogP contribution in [0.2, 0.25) is 0 Å². The van der Waals surface area contributed by atoms with Crippen LogP contribution in [0.15, 0.2) is 41.0 Å². The van der Waals surface area contributed by atoms with E-state index in [4.69, 9.17) is 4.98 Å². The molecule has 142 valence electrons. The number of piperazine rings is 1. The molecule has 1 aliphatic heterocycles. The van der Waals surface area contributed by atoms with Crippen molar-refractivity contribution in [1.82, 2.24) is 19.8 Å². The smallest absolute Gasteiger partial charge is 0.223 e. The van der Waals surface area contributed by atoms with E-state index in [0.717, 1.165) is 34.6 Å². The molecular formula is C20H24BrN5S. The summed E-state index contributed by atoms with van der Waals surface area (Å²) in [6.45, 7) is 6.69. The van der Waals surface area contributed by atoms with E-state index in [1.165, 1.54) is 36.3 Å². The molecule has 1 aliphatic rings. The van der Waals surface area contributed by atoms with Crippen molar-refractivity contribution in [2.45, 2.75) is 6.42 Å². The average molecular weight is 446 g/mol. The fraction of sp³-hybridized carbons (Fsp3) is 0.400. The first kappa shape index (κ1) is 18.8. The third-order valence-electron chi connectivity index (χ3n) is 4.93. The molecule has 5 nitrogen and oxygen atoms in total. The lowest BCUT2D eigenvalue weighted by Crippen LogP contribution is -2.44. The Bertz CT molecular complexity index is 871. The first-order valence-corrected chi connectivity index (χ1v) is 11.0. The van der Waals surface area contributed by atoms with Gasteiger partial charge in [-0.05, 0) is 53.5 Å². The van der Waals surface area contributed by atoms with Gasteiger partial charge in [0.25, 0.3) is 0 Å². The van der Waals surface area contributed by atoms with E-state index in [-0.39, 0.29) is 0 Å². The predicted octanol–water partition coefficient (Wildman–Crippen LogP) is 4.17. The molecule has 1 aromatic carbocycles. The van der Waals surface area contributed by atoms with Gasteiger partial charge in [-0.3, -0.25) is 0 Å². The maximum Gasteiger partial charge on any atom is 0.223 e. The highest BCUT2D eigenvalue weighted by molar-refractivity contribution is 9.10. The second-order valence-corrected chi connectivity index (χ2v) is 8.90. The van der Waals surface area contributed by atoms with Gasteiger partial charge in [-0.1, -0.05) is 18.2 Å². The molecule has 2 aromatic heterocycles.